The van der Waals surface area contributed by atoms with Crippen LogP contribution in [-0.2, 0) is 4.79 Å². The van der Waals surface area contributed by atoms with Crippen molar-refractivity contribution in [3.05, 3.63) is 77.6 Å². The van der Waals surface area contributed by atoms with Crippen LogP contribution in [0, 0.1) is 13.8 Å². The van der Waals surface area contributed by atoms with Crippen LogP contribution < -0.4 is 19.5 Å². The van der Waals surface area contributed by atoms with E-state index in [-0.39, 0.29) is 5.91 Å². The fraction of sp³-hybridized carbons (Fsp3) is 0.233. The van der Waals surface area contributed by atoms with Gasteiger partial charge in [0, 0.05) is 28.2 Å². The first kappa shape index (κ1) is 24.9. The summed E-state index contributed by atoms with van der Waals surface area (Å²) < 4.78 is 22.7. The molecule has 36 heavy (non-hydrogen) atoms. The van der Waals surface area contributed by atoms with Crippen molar-refractivity contribution < 1.29 is 23.4 Å². The predicted octanol–water partition coefficient (Wildman–Crippen LogP) is 7.17. The van der Waals surface area contributed by atoms with Gasteiger partial charge in [-0.3, -0.25) is 4.79 Å². The number of rotatable bonds is 8. The molecule has 4 rings (SSSR count). The molecule has 0 aliphatic heterocycles. The molecule has 0 spiro atoms. The van der Waals surface area contributed by atoms with E-state index in [1.165, 1.54) is 0 Å². The van der Waals surface area contributed by atoms with E-state index in [4.69, 9.17) is 18.6 Å². The highest BCUT2D eigenvalue weighted by atomic mass is 16.5. The molecule has 186 valence electrons. The van der Waals surface area contributed by atoms with E-state index in [1.807, 2.05) is 76.2 Å². The number of nitrogens with one attached hydrogen (secondary N) is 1. The van der Waals surface area contributed by atoms with Gasteiger partial charge in [0.25, 0.3) is 0 Å². The zero-order chi connectivity index (χ0) is 25.8. The normalized spacial score (nSPS) is 11.4. The topological polar surface area (TPSA) is 69.9 Å². The van der Waals surface area contributed by atoms with E-state index in [2.05, 4.69) is 5.32 Å². The van der Waals surface area contributed by atoms with E-state index in [1.54, 1.807) is 26.6 Å². The summed E-state index contributed by atoms with van der Waals surface area (Å²) in [7, 11) is 3.23. The highest BCUT2D eigenvalue weighted by Crippen LogP contribution is 2.41. The summed E-state index contributed by atoms with van der Waals surface area (Å²) in [4.78, 5) is 13.0. The van der Waals surface area contributed by atoms with Gasteiger partial charge in [-0.15, -0.1) is 0 Å². The molecule has 0 aliphatic rings. The molecule has 0 radical (unpaired) electrons. The first-order valence-corrected chi connectivity index (χ1v) is 11.8. The minimum absolute atomic E-state index is 0.251. The molecule has 1 heterocycles. The van der Waals surface area contributed by atoms with Crippen molar-refractivity contribution in [1.29, 1.82) is 0 Å². The van der Waals surface area contributed by atoms with Crippen LogP contribution >= 0.6 is 0 Å². The van der Waals surface area contributed by atoms with Crippen LogP contribution in [0.15, 0.2) is 65.3 Å². The second-order valence-electron chi connectivity index (χ2n) is 8.59. The lowest BCUT2D eigenvalue weighted by Crippen LogP contribution is -2.10. The van der Waals surface area contributed by atoms with Gasteiger partial charge in [-0.2, -0.15) is 0 Å². The Balaban J connectivity index is 1.76. The smallest absolute Gasteiger partial charge is 0.248 e. The van der Waals surface area contributed by atoms with Gasteiger partial charge in [-0.1, -0.05) is 18.2 Å². The molecule has 6 nitrogen and oxygen atoms in total. The number of carbonyl (C=O) groups excluding carboxylic acids is 1. The van der Waals surface area contributed by atoms with Crippen molar-refractivity contribution in [1.82, 2.24) is 0 Å². The Kier molecular flexibility index (Phi) is 7.34. The predicted molar refractivity (Wildman–Crippen MR) is 144 cm³/mol. The lowest BCUT2D eigenvalue weighted by atomic mass is 9.96. The molecule has 0 saturated heterocycles. The Morgan fingerprint density at radius 3 is 2.44 bits per heavy atom. The maximum atomic E-state index is 13.0. The number of amides is 1. The lowest BCUT2D eigenvalue weighted by molar-refractivity contribution is -0.111. The number of hydrogen-bond donors (Lipinski definition) is 1. The largest absolute Gasteiger partial charge is 0.497 e. The lowest BCUT2D eigenvalue weighted by Gasteiger charge is -2.15. The van der Waals surface area contributed by atoms with E-state index in [0.29, 0.717) is 23.8 Å². The van der Waals surface area contributed by atoms with Gasteiger partial charge in [0.1, 0.15) is 22.8 Å². The van der Waals surface area contributed by atoms with Crippen molar-refractivity contribution in [2.45, 2.75) is 27.7 Å². The molecule has 0 unspecified atom stereocenters. The third kappa shape index (κ3) is 4.93. The summed E-state index contributed by atoms with van der Waals surface area (Å²) in [6.07, 6.45) is 3.34. The average molecular weight is 486 g/mol. The van der Waals surface area contributed by atoms with E-state index >= 15 is 0 Å². The Morgan fingerprint density at radius 1 is 1.03 bits per heavy atom. The van der Waals surface area contributed by atoms with Gasteiger partial charge in [0.05, 0.1) is 32.8 Å². The van der Waals surface area contributed by atoms with Gasteiger partial charge in [0.2, 0.25) is 5.91 Å². The van der Waals surface area contributed by atoms with Crippen molar-refractivity contribution in [3.8, 4) is 28.4 Å². The molecule has 0 fully saturated rings. The van der Waals surface area contributed by atoms with E-state index in [9.17, 15) is 4.79 Å². The Bertz CT molecular complexity index is 1430. The standard InChI is InChI=1S/C30H31NO5/c1-7-35-29-20(4)30-24(25(17-36-30)21-9-11-22(33-5)12-10-21)16-23(29)19(3)15-28(32)31-26-14-18(2)8-13-27(26)34-6/h8-17H,7H2,1-6H3,(H,31,32)/b19-15+. The molecule has 1 N–H and O–H groups in total. The number of furan rings is 1. The molecule has 0 saturated carbocycles. The Labute approximate surface area is 211 Å². The highest BCUT2D eigenvalue weighted by Gasteiger charge is 2.19. The Morgan fingerprint density at radius 2 is 1.78 bits per heavy atom. The summed E-state index contributed by atoms with van der Waals surface area (Å²) in [5.41, 5.74) is 6.88. The van der Waals surface area contributed by atoms with Crippen molar-refractivity contribution in [2.24, 2.45) is 0 Å². The first-order chi connectivity index (χ1) is 17.4. The number of carbonyl (C=O) groups is 1. The summed E-state index contributed by atoms with van der Waals surface area (Å²) in [5, 5.41) is 3.89. The maximum absolute atomic E-state index is 13.0. The minimum Gasteiger partial charge on any atom is -0.497 e. The molecule has 0 atom stereocenters. The Hall–Kier alpha value is -4.19. The monoisotopic (exact) mass is 485 g/mol. The van der Waals surface area contributed by atoms with Crippen molar-refractivity contribution in [2.75, 3.05) is 26.1 Å². The molecule has 1 aromatic heterocycles. The second kappa shape index (κ2) is 10.6. The van der Waals surface area contributed by atoms with Crippen LogP contribution in [0.5, 0.6) is 17.2 Å². The van der Waals surface area contributed by atoms with Crippen LogP contribution in [0.4, 0.5) is 5.69 Å². The molecule has 0 bridgehead atoms. The van der Waals surface area contributed by atoms with Crippen molar-refractivity contribution >= 4 is 28.1 Å². The highest BCUT2D eigenvalue weighted by molar-refractivity contribution is 6.06. The molecule has 6 heteroatoms. The van der Waals surface area contributed by atoms with Crippen LogP contribution in [0.3, 0.4) is 0 Å². The summed E-state index contributed by atoms with van der Waals surface area (Å²) >= 11 is 0. The number of hydrogen-bond acceptors (Lipinski definition) is 5. The number of ether oxygens (including phenoxy) is 3. The van der Waals surface area contributed by atoms with Crippen LogP contribution in [0.2, 0.25) is 0 Å². The fourth-order valence-electron chi connectivity index (χ4n) is 4.30. The van der Waals surface area contributed by atoms with Crippen LogP contribution in [0.25, 0.3) is 27.7 Å². The molecule has 0 aliphatic carbocycles. The number of methoxy groups -OCH3 is 2. The SMILES string of the molecule is CCOc1c(/C(C)=C/C(=O)Nc2cc(C)ccc2OC)cc2c(-c3ccc(OC)cc3)coc2c1C. The van der Waals surface area contributed by atoms with Gasteiger partial charge in [-0.05, 0) is 74.7 Å². The van der Waals surface area contributed by atoms with E-state index < -0.39 is 0 Å². The van der Waals surface area contributed by atoms with Gasteiger partial charge >= 0.3 is 0 Å². The minimum atomic E-state index is -0.251. The number of aryl methyl sites for hydroxylation is 2. The summed E-state index contributed by atoms with van der Waals surface area (Å²) in [6.45, 7) is 8.28. The molecule has 1 amide bonds. The molecule has 3 aromatic carbocycles. The average Bonchev–Trinajstić information content (AvgIpc) is 3.30. The number of fused-ring (bicyclic) bond motifs is 1. The summed E-state index contributed by atoms with van der Waals surface area (Å²) in [5.74, 6) is 1.85. The molecule has 4 aromatic rings. The number of benzene rings is 3. The quantitative estimate of drug-likeness (QED) is 0.268. The van der Waals surface area contributed by atoms with Gasteiger partial charge in [-0.25, -0.2) is 0 Å². The first-order valence-electron chi connectivity index (χ1n) is 11.8. The second-order valence-corrected chi connectivity index (χ2v) is 8.59. The molecular weight excluding hydrogens is 454 g/mol. The third-order valence-corrected chi connectivity index (χ3v) is 6.12. The summed E-state index contributed by atoms with van der Waals surface area (Å²) in [6, 6.07) is 15.5. The zero-order valence-corrected chi connectivity index (χ0v) is 21.5. The zero-order valence-electron chi connectivity index (χ0n) is 21.5. The third-order valence-electron chi connectivity index (χ3n) is 6.12. The van der Waals surface area contributed by atoms with Crippen LogP contribution in [0.1, 0.15) is 30.5 Å². The maximum Gasteiger partial charge on any atom is 0.248 e. The number of anilines is 1. The fourth-order valence-corrected chi connectivity index (χ4v) is 4.30. The van der Waals surface area contributed by atoms with Crippen LogP contribution in [-0.4, -0.2) is 26.7 Å². The van der Waals surface area contributed by atoms with E-state index in [0.717, 1.165) is 50.1 Å². The van der Waals surface area contributed by atoms with Crippen molar-refractivity contribution in [3.63, 3.8) is 0 Å². The number of allylic oxidation sites excluding steroid dienone is 1. The van der Waals surface area contributed by atoms with Gasteiger partial charge in [0.15, 0.2) is 0 Å². The van der Waals surface area contributed by atoms with Gasteiger partial charge < -0.3 is 23.9 Å². The molecular formula is C30H31NO5.